The van der Waals surface area contributed by atoms with Gasteiger partial charge in [-0.25, -0.2) is 9.59 Å². The molecule has 0 unspecified atom stereocenters. The van der Waals surface area contributed by atoms with Crippen LogP contribution in [-0.4, -0.2) is 10.5 Å². The predicted octanol–water partition coefficient (Wildman–Crippen LogP) is 4.21. The second-order valence-electron chi connectivity index (χ2n) is 6.58. The normalized spacial score (nSPS) is 11.1. The molecule has 0 radical (unpaired) electrons. The van der Waals surface area contributed by atoms with Crippen LogP contribution in [-0.2, 0) is 17.9 Å². The van der Waals surface area contributed by atoms with Crippen molar-refractivity contribution in [1.82, 2.24) is 4.57 Å². The van der Waals surface area contributed by atoms with Crippen molar-refractivity contribution in [3.8, 4) is 0 Å². The van der Waals surface area contributed by atoms with Gasteiger partial charge in [0, 0.05) is 34.9 Å². The van der Waals surface area contributed by atoms with Crippen molar-refractivity contribution in [2.24, 2.45) is 0 Å². The summed E-state index contributed by atoms with van der Waals surface area (Å²) < 4.78 is 12.9. The van der Waals surface area contributed by atoms with Crippen molar-refractivity contribution in [2.45, 2.75) is 47.8 Å². The first-order valence-electron chi connectivity index (χ1n) is 8.70. The van der Waals surface area contributed by atoms with E-state index in [1.807, 2.05) is 52.8 Å². The summed E-state index contributed by atoms with van der Waals surface area (Å²) in [6.45, 7) is 10.6. The molecule has 0 fully saturated rings. The lowest BCUT2D eigenvalue weighted by Gasteiger charge is -2.10. The molecular formula is C21H23NO4. The summed E-state index contributed by atoms with van der Waals surface area (Å²) in [5.74, 6) is -0.386. The highest BCUT2D eigenvalue weighted by Crippen LogP contribution is 2.24. The highest BCUT2D eigenvalue weighted by molar-refractivity contribution is 5.91. The molecule has 26 heavy (non-hydrogen) atoms. The number of carbonyl (C=O) groups is 1. The van der Waals surface area contributed by atoms with E-state index in [1.54, 1.807) is 0 Å². The Morgan fingerprint density at radius 3 is 2.54 bits per heavy atom. The minimum atomic E-state index is -0.443. The first-order valence-corrected chi connectivity index (χ1v) is 8.70. The first-order chi connectivity index (χ1) is 12.3. The molecule has 0 saturated heterocycles. The van der Waals surface area contributed by atoms with E-state index in [0.717, 1.165) is 34.4 Å². The Morgan fingerprint density at radius 2 is 1.88 bits per heavy atom. The van der Waals surface area contributed by atoms with Crippen LogP contribution in [0.15, 0.2) is 33.5 Å². The standard InChI is InChI=1S/C21H23NO4/c1-6-22-13(3)9-18(15(22)5)21(24)25-11-16-10-19(23)26-20-14(4)12(2)7-8-17(16)20/h7-10H,6,11H2,1-5H3. The average Bonchev–Trinajstić information content (AvgIpc) is 2.90. The van der Waals surface area contributed by atoms with Gasteiger partial charge in [0.25, 0.3) is 0 Å². The summed E-state index contributed by atoms with van der Waals surface area (Å²) in [4.78, 5) is 24.4. The Balaban J connectivity index is 1.92. The number of fused-ring (bicyclic) bond motifs is 1. The van der Waals surface area contributed by atoms with Crippen molar-refractivity contribution in [3.05, 3.63) is 68.3 Å². The Bertz CT molecular complexity index is 1060. The second-order valence-corrected chi connectivity index (χ2v) is 6.58. The third-order valence-electron chi connectivity index (χ3n) is 4.99. The zero-order valence-corrected chi connectivity index (χ0v) is 15.8. The van der Waals surface area contributed by atoms with E-state index in [0.29, 0.717) is 16.7 Å². The topological polar surface area (TPSA) is 61.4 Å². The fraction of sp³-hybridized carbons (Fsp3) is 0.333. The molecular weight excluding hydrogens is 330 g/mol. The molecule has 0 N–H and O–H groups in total. The Labute approximate surface area is 152 Å². The molecule has 0 atom stereocenters. The first kappa shape index (κ1) is 18.0. The lowest BCUT2D eigenvalue weighted by Crippen LogP contribution is -2.09. The number of carbonyl (C=O) groups excluding carboxylic acids is 1. The lowest BCUT2D eigenvalue weighted by atomic mass is 10.0. The zero-order chi connectivity index (χ0) is 19.0. The van der Waals surface area contributed by atoms with Crippen LogP contribution in [0.2, 0.25) is 0 Å². The van der Waals surface area contributed by atoms with Gasteiger partial charge in [-0.3, -0.25) is 0 Å². The van der Waals surface area contributed by atoms with Crippen LogP contribution < -0.4 is 5.63 Å². The number of hydrogen-bond donors (Lipinski definition) is 0. The number of esters is 1. The fourth-order valence-corrected chi connectivity index (χ4v) is 3.36. The van der Waals surface area contributed by atoms with Crippen LogP contribution in [0.3, 0.4) is 0 Å². The Hall–Kier alpha value is -2.82. The third kappa shape index (κ3) is 3.05. The Morgan fingerprint density at radius 1 is 1.15 bits per heavy atom. The SMILES string of the molecule is CCn1c(C)cc(C(=O)OCc2cc(=O)oc3c(C)c(C)ccc23)c1C. The molecule has 2 heterocycles. The molecule has 3 rings (SSSR count). The number of aromatic nitrogens is 1. The van der Waals surface area contributed by atoms with E-state index in [9.17, 15) is 9.59 Å². The van der Waals surface area contributed by atoms with Crippen LogP contribution in [0, 0.1) is 27.7 Å². The maximum Gasteiger partial charge on any atom is 0.340 e. The van der Waals surface area contributed by atoms with Crippen molar-refractivity contribution < 1.29 is 13.9 Å². The van der Waals surface area contributed by atoms with E-state index < -0.39 is 5.63 Å². The van der Waals surface area contributed by atoms with Crippen molar-refractivity contribution in [2.75, 3.05) is 0 Å². The second kappa shape index (κ2) is 6.83. The molecule has 5 heteroatoms. The van der Waals surface area contributed by atoms with Crippen LogP contribution in [0.4, 0.5) is 0 Å². The van der Waals surface area contributed by atoms with Gasteiger partial charge < -0.3 is 13.7 Å². The summed E-state index contributed by atoms with van der Waals surface area (Å²) in [5.41, 5.74) is 5.18. The summed E-state index contributed by atoms with van der Waals surface area (Å²) in [7, 11) is 0. The van der Waals surface area contributed by atoms with Gasteiger partial charge in [-0.2, -0.15) is 0 Å². The molecule has 0 bridgehead atoms. The molecule has 0 aliphatic heterocycles. The van der Waals surface area contributed by atoms with Crippen molar-refractivity contribution in [1.29, 1.82) is 0 Å². The highest BCUT2D eigenvalue weighted by atomic mass is 16.5. The lowest BCUT2D eigenvalue weighted by molar-refractivity contribution is 0.0473. The molecule has 3 aromatic rings. The van der Waals surface area contributed by atoms with E-state index in [-0.39, 0.29) is 12.6 Å². The van der Waals surface area contributed by atoms with Crippen LogP contribution in [0.5, 0.6) is 0 Å². The van der Waals surface area contributed by atoms with E-state index in [4.69, 9.17) is 9.15 Å². The maximum atomic E-state index is 12.5. The van der Waals surface area contributed by atoms with Gasteiger partial charge in [-0.1, -0.05) is 12.1 Å². The summed E-state index contributed by atoms with van der Waals surface area (Å²) in [6.07, 6.45) is 0. The zero-order valence-electron chi connectivity index (χ0n) is 15.8. The highest BCUT2D eigenvalue weighted by Gasteiger charge is 2.17. The molecule has 2 aromatic heterocycles. The van der Waals surface area contributed by atoms with Crippen LogP contribution >= 0.6 is 0 Å². The number of ether oxygens (including phenoxy) is 1. The predicted molar refractivity (Wildman–Crippen MR) is 101 cm³/mol. The molecule has 0 saturated carbocycles. The number of aryl methyl sites for hydroxylation is 3. The van der Waals surface area contributed by atoms with Gasteiger partial charge in [0.15, 0.2) is 0 Å². The average molecular weight is 353 g/mol. The summed E-state index contributed by atoms with van der Waals surface area (Å²) >= 11 is 0. The summed E-state index contributed by atoms with van der Waals surface area (Å²) in [6, 6.07) is 7.09. The number of benzene rings is 1. The Kier molecular flexibility index (Phi) is 4.72. The van der Waals surface area contributed by atoms with E-state index in [1.165, 1.54) is 6.07 Å². The smallest absolute Gasteiger partial charge is 0.340 e. The monoisotopic (exact) mass is 353 g/mol. The molecule has 5 nitrogen and oxygen atoms in total. The van der Waals surface area contributed by atoms with Gasteiger partial charge in [-0.05, 0) is 51.8 Å². The van der Waals surface area contributed by atoms with Gasteiger partial charge >= 0.3 is 11.6 Å². The van der Waals surface area contributed by atoms with Gasteiger partial charge in [0.2, 0.25) is 0 Å². The minimum absolute atomic E-state index is 0.0270. The van der Waals surface area contributed by atoms with Crippen molar-refractivity contribution >= 4 is 16.9 Å². The fourth-order valence-electron chi connectivity index (χ4n) is 3.36. The maximum absolute atomic E-state index is 12.5. The number of hydrogen-bond acceptors (Lipinski definition) is 4. The largest absolute Gasteiger partial charge is 0.457 e. The van der Waals surface area contributed by atoms with Gasteiger partial charge in [0.05, 0.1) is 5.56 Å². The quantitative estimate of drug-likeness (QED) is 0.521. The number of rotatable bonds is 4. The molecule has 136 valence electrons. The van der Waals surface area contributed by atoms with E-state index >= 15 is 0 Å². The molecule has 0 aliphatic carbocycles. The number of nitrogens with zero attached hydrogens (tertiary/aromatic N) is 1. The molecule has 0 aliphatic rings. The summed E-state index contributed by atoms with van der Waals surface area (Å²) in [5, 5.41) is 0.791. The van der Waals surface area contributed by atoms with Crippen LogP contribution in [0.1, 0.15) is 45.4 Å². The molecule has 1 aromatic carbocycles. The van der Waals surface area contributed by atoms with Crippen LogP contribution in [0.25, 0.3) is 11.0 Å². The van der Waals surface area contributed by atoms with E-state index in [2.05, 4.69) is 4.57 Å². The third-order valence-corrected chi connectivity index (χ3v) is 4.99. The van der Waals surface area contributed by atoms with Gasteiger partial charge in [-0.15, -0.1) is 0 Å². The molecule has 0 spiro atoms. The van der Waals surface area contributed by atoms with Gasteiger partial charge in [0.1, 0.15) is 12.2 Å². The minimum Gasteiger partial charge on any atom is -0.457 e. The van der Waals surface area contributed by atoms with Crippen molar-refractivity contribution in [3.63, 3.8) is 0 Å². The molecule has 0 amide bonds.